The molecule has 20 heavy (non-hydrogen) atoms. The summed E-state index contributed by atoms with van der Waals surface area (Å²) in [5.74, 6) is 2.13. The van der Waals surface area contributed by atoms with E-state index in [2.05, 4.69) is 57.3 Å². The first kappa shape index (κ1) is 17.2. The van der Waals surface area contributed by atoms with Crippen LogP contribution in [-0.2, 0) is 4.74 Å². The van der Waals surface area contributed by atoms with Crippen LogP contribution in [0.5, 0.6) is 0 Å². The van der Waals surface area contributed by atoms with Gasteiger partial charge in [-0.2, -0.15) is 4.98 Å². The molecule has 2 N–H and O–H groups in total. The largest absolute Gasteiger partial charge is 0.380 e. The maximum atomic E-state index is 5.56. The minimum Gasteiger partial charge on any atom is -0.380 e. The highest BCUT2D eigenvalue weighted by molar-refractivity contribution is 9.10. The van der Waals surface area contributed by atoms with Gasteiger partial charge in [0, 0.05) is 25.9 Å². The Morgan fingerprint density at radius 2 is 2.05 bits per heavy atom. The number of aromatic nitrogens is 2. The smallest absolute Gasteiger partial charge is 0.224 e. The summed E-state index contributed by atoms with van der Waals surface area (Å²) in [6.45, 7) is 9.61. The normalized spacial score (nSPS) is 10.8. The Kier molecular flexibility index (Phi) is 8.53. The first-order valence-corrected chi connectivity index (χ1v) is 8.00. The Morgan fingerprint density at radius 1 is 1.25 bits per heavy atom. The maximum Gasteiger partial charge on any atom is 0.224 e. The van der Waals surface area contributed by atoms with Crippen LogP contribution >= 0.6 is 15.9 Å². The molecule has 0 bridgehead atoms. The van der Waals surface area contributed by atoms with Gasteiger partial charge in [0.05, 0.1) is 11.1 Å². The molecule has 0 aliphatic carbocycles. The lowest BCUT2D eigenvalue weighted by Gasteiger charge is -2.10. The van der Waals surface area contributed by atoms with Gasteiger partial charge in [0.15, 0.2) is 0 Å². The van der Waals surface area contributed by atoms with Gasteiger partial charge in [0.2, 0.25) is 5.95 Å². The van der Waals surface area contributed by atoms with Gasteiger partial charge in [-0.3, -0.25) is 0 Å². The van der Waals surface area contributed by atoms with E-state index in [1.807, 2.05) is 0 Å². The second-order valence-corrected chi connectivity index (χ2v) is 5.89. The van der Waals surface area contributed by atoms with Gasteiger partial charge in [0.25, 0.3) is 0 Å². The van der Waals surface area contributed by atoms with E-state index in [0.29, 0.717) is 18.5 Å². The third kappa shape index (κ3) is 7.05. The van der Waals surface area contributed by atoms with Crippen LogP contribution in [0.3, 0.4) is 0 Å². The number of rotatable bonds is 10. The molecule has 0 fully saturated rings. The molecule has 0 aliphatic heterocycles. The number of halogens is 1. The van der Waals surface area contributed by atoms with Crippen molar-refractivity contribution in [2.75, 3.05) is 36.9 Å². The first-order chi connectivity index (χ1) is 9.63. The summed E-state index contributed by atoms with van der Waals surface area (Å²) in [5.41, 5.74) is 0. The molecule has 1 rings (SSSR count). The number of hydrogen-bond acceptors (Lipinski definition) is 5. The SMILES string of the molecule is CCCNc1ncc(Br)c(NCCOCCC(C)C)n1. The van der Waals surface area contributed by atoms with Crippen molar-refractivity contribution in [1.82, 2.24) is 9.97 Å². The summed E-state index contributed by atoms with van der Waals surface area (Å²) >= 11 is 3.44. The molecule has 0 unspecified atom stereocenters. The zero-order valence-electron chi connectivity index (χ0n) is 12.6. The van der Waals surface area contributed by atoms with E-state index in [0.717, 1.165) is 42.8 Å². The van der Waals surface area contributed by atoms with Crippen LogP contribution in [0.25, 0.3) is 0 Å². The molecule has 114 valence electrons. The van der Waals surface area contributed by atoms with Gasteiger partial charge in [0.1, 0.15) is 5.82 Å². The summed E-state index contributed by atoms with van der Waals surface area (Å²) in [6.07, 6.45) is 3.90. The van der Waals surface area contributed by atoms with E-state index < -0.39 is 0 Å². The van der Waals surface area contributed by atoms with Crippen LogP contribution in [0.1, 0.15) is 33.6 Å². The van der Waals surface area contributed by atoms with Crippen LogP contribution in [-0.4, -0.2) is 36.3 Å². The van der Waals surface area contributed by atoms with Crippen molar-refractivity contribution in [3.8, 4) is 0 Å². The summed E-state index contributed by atoms with van der Waals surface area (Å²) in [4.78, 5) is 8.63. The molecule has 0 aromatic carbocycles. The molecule has 1 aromatic heterocycles. The Hall–Kier alpha value is -0.880. The van der Waals surface area contributed by atoms with Gasteiger partial charge in [-0.15, -0.1) is 0 Å². The van der Waals surface area contributed by atoms with Crippen LogP contribution in [0.2, 0.25) is 0 Å². The molecule has 0 amide bonds. The lowest BCUT2D eigenvalue weighted by molar-refractivity contribution is 0.132. The van der Waals surface area contributed by atoms with E-state index in [9.17, 15) is 0 Å². The van der Waals surface area contributed by atoms with Crippen LogP contribution in [0.15, 0.2) is 10.7 Å². The second-order valence-electron chi connectivity index (χ2n) is 5.04. The van der Waals surface area contributed by atoms with Crippen molar-refractivity contribution in [1.29, 1.82) is 0 Å². The number of nitrogens with one attached hydrogen (secondary N) is 2. The fraction of sp³-hybridized carbons (Fsp3) is 0.714. The summed E-state index contributed by atoms with van der Waals surface area (Å²) in [6, 6.07) is 0. The lowest BCUT2D eigenvalue weighted by atomic mass is 10.1. The minimum absolute atomic E-state index is 0.651. The van der Waals surface area contributed by atoms with Gasteiger partial charge in [-0.25, -0.2) is 4.98 Å². The molecular weight excluding hydrogens is 320 g/mol. The van der Waals surface area contributed by atoms with E-state index >= 15 is 0 Å². The van der Waals surface area contributed by atoms with Gasteiger partial charge in [-0.05, 0) is 34.7 Å². The van der Waals surface area contributed by atoms with Crippen molar-refractivity contribution in [3.05, 3.63) is 10.7 Å². The Morgan fingerprint density at radius 3 is 2.75 bits per heavy atom. The number of hydrogen-bond donors (Lipinski definition) is 2. The molecule has 0 saturated heterocycles. The van der Waals surface area contributed by atoms with Crippen molar-refractivity contribution in [2.24, 2.45) is 5.92 Å². The number of ether oxygens (including phenoxy) is 1. The standard InChI is InChI=1S/C14H25BrN4O/c1-4-6-17-14-18-10-12(15)13(19-14)16-7-9-20-8-5-11(2)3/h10-11H,4-9H2,1-3H3,(H2,16,17,18,19). The number of nitrogens with zero attached hydrogens (tertiary/aromatic N) is 2. The van der Waals surface area contributed by atoms with Crippen LogP contribution in [0, 0.1) is 5.92 Å². The Balaban J connectivity index is 2.31. The highest BCUT2D eigenvalue weighted by Crippen LogP contribution is 2.19. The van der Waals surface area contributed by atoms with E-state index in [4.69, 9.17) is 4.74 Å². The Labute approximate surface area is 130 Å². The third-order valence-corrected chi connectivity index (χ3v) is 3.24. The number of anilines is 2. The highest BCUT2D eigenvalue weighted by Gasteiger charge is 2.04. The molecule has 0 radical (unpaired) electrons. The molecule has 0 spiro atoms. The summed E-state index contributed by atoms with van der Waals surface area (Å²) in [5, 5.41) is 6.43. The summed E-state index contributed by atoms with van der Waals surface area (Å²) < 4.78 is 6.43. The Bertz CT molecular complexity index is 387. The predicted octanol–water partition coefficient (Wildman–Crippen LogP) is 3.54. The summed E-state index contributed by atoms with van der Waals surface area (Å²) in [7, 11) is 0. The highest BCUT2D eigenvalue weighted by atomic mass is 79.9. The zero-order valence-corrected chi connectivity index (χ0v) is 14.2. The molecule has 0 aliphatic rings. The first-order valence-electron chi connectivity index (χ1n) is 7.21. The fourth-order valence-corrected chi connectivity index (χ4v) is 1.81. The molecule has 1 heterocycles. The average Bonchev–Trinajstić information content (AvgIpc) is 2.42. The van der Waals surface area contributed by atoms with Crippen molar-refractivity contribution in [2.45, 2.75) is 33.6 Å². The quantitative estimate of drug-likeness (QED) is 0.635. The van der Waals surface area contributed by atoms with Gasteiger partial charge >= 0.3 is 0 Å². The van der Waals surface area contributed by atoms with E-state index in [-0.39, 0.29) is 0 Å². The van der Waals surface area contributed by atoms with E-state index in [1.165, 1.54) is 0 Å². The lowest BCUT2D eigenvalue weighted by Crippen LogP contribution is -2.13. The van der Waals surface area contributed by atoms with Gasteiger partial charge in [-0.1, -0.05) is 20.8 Å². The third-order valence-electron chi connectivity index (χ3n) is 2.66. The fourth-order valence-electron chi connectivity index (χ4n) is 1.48. The molecule has 0 saturated carbocycles. The zero-order chi connectivity index (χ0) is 14.8. The van der Waals surface area contributed by atoms with Crippen molar-refractivity contribution >= 4 is 27.7 Å². The molecule has 6 heteroatoms. The van der Waals surface area contributed by atoms with Gasteiger partial charge < -0.3 is 15.4 Å². The van der Waals surface area contributed by atoms with Crippen LogP contribution < -0.4 is 10.6 Å². The molecule has 1 aromatic rings. The second kappa shape index (κ2) is 9.94. The maximum absolute atomic E-state index is 5.56. The average molecular weight is 345 g/mol. The van der Waals surface area contributed by atoms with Crippen molar-refractivity contribution < 1.29 is 4.74 Å². The molecule has 0 atom stereocenters. The predicted molar refractivity (Wildman–Crippen MR) is 87.3 cm³/mol. The molecule has 5 nitrogen and oxygen atoms in total. The van der Waals surface area contributed by atoms with Crippen LogP contribution in [0.4, 0.5) is 11.8 Å². The van der Waals surface area contributed by atoms with E-state index in [1.54, 1.807) is 6.20 Å². The topological polar surface area (TPSA) is 59.1 Å². The van der Waals surface area contributed by atoms with Crippen molar-refractivity contribution in [3.63, 3.8) is 0 Å². The monoisotopic (exact) mass is 344 g/mol. The minimum atomic E-state index is 0.651. The molecular formula is C14H25BrN4O.